The number of hydrogen-bond acceptors (Lipinski definition) is 0. The van der Waals surface area contributed by atoms with Crippen molar-refractivity contribution in [2.24, 2.45) is 75.4 Å². The van der Waals surface area contributed by atoms with Gasteiger partial charge in [-0.25, -0.2) is 0 Å². The van der Waals surface area contributed by atoms with E-state index in [1.54, 1.807) is 6.42 Å². The maximum Gasteiger partial charge on any atom is -0.0204 e. The molecule has 22 heavy (non-hydrogen) atoms. The summed E-state index contributed by atoms with van der Waals surface area (Å²) < 4.78 is 0. The summed E-state index contributed by atoms with van der Waals surface area (Å²) in [4.78, 5) is 0. The van der Waals surface area contributed by atoms with E-state index in [9.17, 15) is 0 Å². The lowest BCUT2D eigenvalue weighted by Gasteiger charge is -2.61. The zero-order chi connectivity index (χ0) is 16.0. The highest BCUT2D eigenvalue weighted by atomic mass is 14.9. The largest absolute Gasteiger partial charge is 0.0619 e. The van der Waals surface area contributed by atoms with Crippen LogP contribution in [0.1, 0.15) is 61.8 Å². The van der Waals surface area contributed by atoms with E-state index >= 15 is 0 Å². The predicted octanol–water partition coefficient (Wildman–Crippen LogP) is 5.72. The number of hydrogen-bond donors (Lipinski definition) is 0. The van der Waals surface area contributed by atoms with Crippen LogP contribution in [0.25, 0.3) is 0 Å². The molecule has 124 valence electrons. The van der Waals surface area contributed by atoms with Gasteiger partial charge in [0, 0.05) is 0 Å². The average Bonchev–Trinajstić information content (AvgIpc) is 2.98. The summed E-state index contributed by atoms with van der Waals surface area (Å²) in [5.74, 6) is 9.75. The Balaban J connectivity index is 1.88. The van der Waals surface area contributed by atoms with Crippen LogP contribution >= 0.6 is 0 Å². The van der Waals surface area contributed by atoms with Crippen molar-refractivity contribution < 1.29 is 0 Å². The molecule has 4 bridgehead atoms. The van der Waals surface area contributed by atoms with Crippen LogP contribution in [0, 0.1) is 75.4 Å². The fourth-order valence-electron chi connectivity index (χ4n) is 11.0. The third kappa shape index (κ3) is 0.932. The molecule has 13 unspecified atom stereocenters. The Morgan fingerprint density at radius 2 is 1.27 bits per heavy atom. The first-order valence-electron chi connectivity index (χ1n) is 10.2. The third-order valence-electron chi connectivity index (χ3n) is 12.2. The quantitative estimate of drug-likeness (QED) is 0.536. The Bertz CT molecular complexity index is 538. The van der Waals surface area contributed by atoms with E-state index in [1.165, 1.54) is 0 Å². The van der Waals surface area contributed by atoms with Crippen LogP contribution in [0.5, 0.6) is 0 Å². The summed E-state index contributed by atoms with van der Waals surface area (Å²) in [6.45, 7) is 21.4. The summed E-state index contributed by atoms with van der Waals surface area (Å²) in [5.41, 5.74) is 1.86. The van der Waals surface area contributed by atoms with Crippen molar-refractivity contribution >= 4 is 0 Å². The van der Waals surface area contributed by atoms with Crippen LogP contribution in [0.15, 0.2) is 0 Å². The smallest absolute Gasteiger partial charge is 0.0204 e. The van der Waals surface area contributed by atoms with Gasteiger partial charge in [0.15, 0.2) is 0 Å². The Kier molecular flexibility index (Phi) is 2.28. The highest BCUT2D eigenvalue weighted by Crippen LogP contribution is 2.90. The normalized spacial score (nSPS) is 77.5. The van der Waals surface area contributed by atoms with Crippen molar-refractivity contribution in [3.8, 4) is 0 Å². The Morgan fingerprint density at radius 3 is 1.91 bits per heavy atom. The van der Waals surface area contributed by atoms with Gasteiger partial charge < -0.3 is 0 Å². The number of rotatable bonds is 0. The standard InChI is InChI=1S/C22H36/c1-10-11(2)22-9-16-17(10)14(5)21(8)19(16)18(22)15(6)20(21,7)12(3)13(22)4/h10-19H,9H2,1-8H3. The molecule has 0 aliphatic heterocycles. The van der Waals surface area contributed by atoms with Crippen molar-refractivity contribution in [3.63, 3.8) is 0 Å². The molecule has 0 heterocycles. The van der Waals surface area contributed by atoms with Crippen molar-refractivity contribution in [1.82, 2.24) is 0 Å². The van der Waals surface area contributed by atoms with Crippen LogP contribution < -0.4 is 0 Å². The van der Waals surface area contributed by atoms with Gasteiger partial charge >= 0.3 is 0 Å². The molecular weight excluding hydrogens is 264 g/mol. The highest BCUT2D eigenvalue weighted by Gasteiger charge is 2.85. The lowest BCUT2D eigenvalue weighted by molar-refractivity contribution is -0.138. The van der Waals surface area contributed by atoms with Crippen molar-refractivity contribution in [3.05, 3.63) is 0 Å². The fraction of sp³-hybridized carbons (Fsp3) is 1.00. The first-order valence-corrected chi connectivity index (χ1v) is 10.2. The summed E-state index contributed by atoms with van der Waals surface area (Å²) in [6, 6.07) is 0. The minimum atomic E-state index is 0.571. The molecule has 0 heteroatoms. The van der Waals surface area contributed by atoms with Crippen molar-refractivity contribution in [2.75, 3.05) is 0 Å². The average molecular weight is 301 g/mol. The molecule has 0 saturated heterocycles. The van der Waals surface area contributed by atoms with Gasteiger partial charge in [-0.15, -0.1) is 0 Å². The fourth-order valence-corrected chi connectivity index (χ4v) is 11.0. The second-order valence-electron chi connectivity index (χ2n) is 11.0. The molecular formula is C22H36. The SMILES string of the molecule is CC1C2C3CC4(C1C)C(C)C(C)C1(C)C(C)C4C3C1(C)C2C. The van der Waals surface area contributed by atoms with E-state index in [1.807, 2.05) is 0 Å². The lowest BCUT2D eigenvalue weighted by atomic mass is 9.43. The second-order valence-corrected chi connectivity index (χ2v) is 11.0. The second kappa shape index (κ2) is 3.50. The summed E-state index contributed by atoms with van der Waals surface area (Å²) >= 11 is 0. The van der Waals surface area contributed by atoms with E-state index in [0.717, 1.165) is 59.2 Å². The van der Waals surface area contributed by atoms with E-state index < -0.39 is 0 Å². The molecule has 5 aliphatic rings. The predicted molar refractivity (Wildman–Crippen MR) is 92.2 cm³/mol. The molecule has 5 saturated carbocycles. The van der Waals surface area contributed by atoms with E-state index in [0.29, 0.717) is 16.2 Å². The summed E-state index contributed by atoms with van der Waals surface area (Å²) in [5, 5.41) is 0. The zero-order valence-corrected chi connectivity index (χ0v) is 16.0. The molecule has 5 fully saturated rings. The van der Waals surface area contributed by atoms with Gasteiger partial charge in [-0.05, 0) is 81.8 Å². The van der Waals surface area contributed by atoms with Gasteiger partial charge in [0.05, 0.1) is 0 Å². The molecule has 0 amide bonds. The third-order valence-corrected chi connectivity index (χ3v) is 12.2. The highest BCUT2D eigenvalue weighted by molar-refractivity contribution is 5.32. The van der Waals surface area contributed by atoms with Crippen LogP contribution in [-0.2, 0) is 0 Å². The minimum Gasteiger partial charge on any atom is -0.0619 e. The Hall–Kier alpha value is 0. The topological polar surface area (TPSA) is 0 Å². The van der Waals surface area contributed by atoms with Crippen LogP contribution in [-0.4, -0.2) is 0 Å². The molecule has 0 N–H and O–H groups in total. The molecule has 0 radical (unpaired) electrons. The monoisotopic (exact) mass is 300 g/mol. The van der Waals surface area contributed by atoms with Gasteiger partial charge in [-0.2, -0.15) is 0 Å². The van der Waals surface area contributed by atoms with E-state index in [4.69, 9.17) is 0 Å². The molecule has 1 spiro atoms. The molecule has 5 rings (SSSR count). The maximum absolute atomic E-state index is 2.75. The van der Waals surface area contributed by atoms with E-state index in [2.05, 4.69) is 55.4 Å². The Labute approximate surface area is 137 Å². The summed E-state index contributed by atoms with van der Waals surface area (Å²) in [6.07, 6.45) is 1.59. The molecule has 0 aromatic carbocycles. The first-order chi connectivity index (χ1) is 10.2. The maximum atomic E-state index is 2.75. The van der Waals surface area contributed by atoms with Gasteiger partial charge in [0.25, 0.3) is 0 Å². The first kappa shape index (κ1) is 14.4. The van der Waals surface area contributed by atoms with Gasteiger partial charge in [0.2, 0.25) is 0 Å². The van der Waals surface area contributed by atoms with Crippen LogP contribution in [0.2, 0.25) is 0 Å². The van der Waals surface area contributed by atoms with Crippen molar-refractivity contribution in [2.45, 2.75) is 61.8 Å². The molecule has 0 nitrogen and oxygen atoms in total. The molecule has 0 aromatic rings. The molecule has 0 aromatic heterocycles. The van der Waals surface area contributed by atoms with Gasteiger partial charge in [-0.3, -0.25) is 0 Å². The van der Waals surface area contributed by atoms with Crippen LogP contribution in [0.3, 0.4) is 0 Å². The van der Waals surface area contributed by atoms with E-state index in [-0.39, 0.29) is 0 Å². The van der Waals surface area contributed by atoms with Gasteiger partial charge in [-0.1, -0.05) is 55.4 Å². The zero-order valence-electron chi connectivity index (χ0n) is 16.0. The number of fused-ring (bicyclic) bond motifs is 2. The minimum absolute atomic E-state index is 0.571. The van der Waals surface area contributed by atoms with Crippen molar-refractivity contribution in [1.29, 1.82) is 0 Å². The van der Waals surface area contributed by atoms with Gasteiger partial charge in [0.1, 0.15) is 0 Å². The van der Waals surface area contributed by atoms with Crippen LogP contribution in [0.4, 0.5) is 0 Å². The Morgan fingerprint density at radius 1 is 0.636 bits per heavy atom. The molecule has 13 atom stereocenters. The molecule has 5 aliphatic carbocycles. The summed E-state index contributed by atoms with van der Waals surface area (Å²) in [7, 11) is 0. The lowest BCUT2D eigenvalue weighted by Crippen LogP contribution is -2.56.